The van der Waals surface area contributed by atoms with E-state index in [9.17, 15) is 9.90 Å². The first-order valence-corrected chi connectivity index (χ1v) is 8.02. The van der Waals surface area contributed by atoms with E-state index in [-0.39, 0.29) is 17.4 Å². The minimum atomic E-state index is -0.0275. The van der Waals surface area contributed by atoms with Crippen molar-refractivity contribution >= 4 is 5.91 Å². The standard InChI is InChI=1S/C16H25NO2/c18-10-15(1-2-15)9-17-14(19)16-6-11-3-12(7-16)5-13(4-11)8-16/h11-13,18H,1-10H2,(H,17,19). The van der Waals surface area contributed by atoms with Crippen LogP contribution in [0.15, 0.2) is 0 Å². The van der Waals surface area contributed by atoms with E-state index < -0.39 is 0 Å². The molecule has 0 aliphatic heterocycles. The Morgan fingerprint density at radius 1 is 1.05 bits per heavy atom. The van der Waals surface area contributed by atoms with Crippen molar-refractivity contribution in [2.75, 3.05) is 13.2 Å². The highest BCUT2D eigenvalue weighted by molar-refractivity contribution is 5.83. The van der Waals surface area contributed by atoms with Crippen LogP contribution in [-0.2, 0) is 4.79 Å². The van der Waals surface area contributed by atoms with Crippen molar-refractivity contribution in [3.63, 3.8) is 0 Å². The van der Waals surface area contributed by atoms with E-state index in [1.165, 1.54) is 19.3 Å². The van der Waals surface area contributed by atoms with Crippen LogP contribution in [0.1, 0.15) is 51.4 Å². The molecule has 1 amide bonds. The molecule has 5 rings (SSSR count). The first kappa shape index (κ1) is 12.2. The second-order valence-corrected chi connectivity index (χ2v) is 8.04. The van der Waals surface area contributed by atoms with E-state index >= 15 is 0 Å². The van der Waals surface area contributed by atoms with Crippen LogP contribution >= 0.6 is 0 Å². The highest BCUT2D eigenvalue weighted by atomic mass is 16.3. The number of aliphatic hydroxyl groups excluding tert-OH is 1. The van der Waals surface area contributed by atoms with Crippen molar-refractivity contribution in [3.8, 4) is 0 Å². The minimum absolute atomic E-state index is 0.0275. The van der Waals surface area contributed by atoms with E-state index in [1.54, 1.807) is 0 Å². The molecule has 106 valence electrons. The Hall–Kier alpha value is -0.570. The zero-order valence-electron chi connectivity index (χ0n) is 11.7. The largest absolute Gasteiger partial charge is 0.396 e. The monoisotopic (exact) mass is 263 g/mol. The summed E-state index contributed by atoms with van der Waals surface area (Å²) in [7, 11) is 0. The lowest BCUT2D eigenvalue weighted by atomic mass is 9.49. The van der Waals surface area contributed by atoms with Crippen molar-refractivity contribution < 1.29 is 9.90 Å². The average Bonchev–Trinajstić information content (AvgIpc) is 3.15. The lowest BCUT2D eigenvalue weighted by Gasteiger charge is -2.55. The number of carbonyl (C=O) groups excluding carboxylic acids is 1. The van der Waals surface area contributed by atoms with Crippen LogP contribution in [0.2, 0.25) is 0 Å². The number of rotatable bonds is 4. The average molecular weight is 263 g/mol. The van der Waals surface area contributed by atoms with Crippen LogP contribution in [0.3, 0.4) is 0 Å². The molecule has 3 nitrogen and oxygen atoms in total. The maximum Gasteiger partial charge on any atom is 0.226 e. The van der Waals surface area contributed by atoms with Gasteiger partial charge in [0, 0.05) is 17.4 Å². The van der Waals surface area contributed by atoms with Gasteiger partial charge in [-0.25, -0.2) is 0 Å². The van der Waals surface area contributed by atoms with Gasteiger partial charge in [-0.3, -0.25) is 4.79 Å². The smallest absolute Gasteiger partial charge is 0.226 e. The molecule has 5 aliphatic carbocycles. The summed E-state index contributed by atoms with van der Waals surface area (Å²) in [5.74, 6) is 2.78. The summed E-state index contributed by atoms with van der Waals surface area (Å²) < 4.78 is 0. The van der Waals surface area contributed by atoms with Crippen LogP contribution < -0.4 is 5.32 Å². The minimum Gasteiger partial charge on any atom is -0.396 e. The third-order valence-electron chi connectivity index (χ3n) is 6.44. The van der Waals surface area contributed by atoms with Crippen LogP contribution in [0.5, 0.6) is 0 Å². The zero-order chi connectivity index (χ0) is 13.1. The summed E-state index contributed by atoms with van der Waals surface area (Å²) in [4.78, 5) is 12.7. The molecule has 0 aromatic heterocycles. The molecular weight excluding hydrogens is 238 g/mol. The summed E-state index contributed by atoms with van der Waals surface area (Å²) in [5.41, 5.74) is 0.0121. The molecular formula is C16H25NO2. The highest BCUT2D eigenvalue weighted by Crippen LogP contribution is 2.60. The molecule has 5 fully saturated rings. The number of aliphatic hydroxyl groups is 1. The Bertz CT molecular complexity index is 364. The van der Waals surface area contributed by atoms with Crippen molar-refractivity contribution in [2.45, 2.75) is 51.4 Å². The fourth-order valence-electron chi connectivity index (χ4n) is 5.41. The van der Waals surface area contributed by atoms with E-state index in [0.717, 1.165) is 49.9 Å². The Balaban J connectivity index is 1.44. The van der Waals surface area contributed by atoms with Crippen LogP contribution in [-0.4, -0.2) is 24.2 Å². The van der Waals surface area contributed by atoms with Crippen molar-refractivity contribution in [2.24, 2.45) is 28.6 Å². The summed E-state index contributed by atoms with van der Waals surface area (Å²) >= 11 is 0. The number of hydrogen-bond donors (Lipinski definition) is 2. The van der Waals surface area contributed by atoms with Crippen molar-refractivity contribution in [3.05, 3.63) is 0 Å². The molecule has 19 heavy (non-hydrogen) atoms. The molecule has 5 saturated carbocycles. The molecule has 0 saturated heterocycles. The van der Waals surface area contributed by atoms with E-state index in [2.05, 4.69) is 5.32 Å². The van der Waals surface area contributed by atoms with Gasteiger partial charge in [0.1, 0.15) is 0 Å². The Morgan fingerprint density at radius 3 is 2.00 bits per heavy atom. The first-order chi connectivity index (χ1) is 9.13. The summed E-state index contributed by atoms with van der Waals surface area (Å²) in [6.07, 6.45) is 9.70. The Kier molecular flexibility index (Phi) is 2.55. The van der Waals surface area contributed by atoms with Gasteiger partial charge in [0.25, 0.3) is 0 Å². The van der Waals surface area contributed by atoms with Crippen LogP contribution in [0.25, 0.3) is 0 Å². The molecule has 0 unspecified atom stereocenters. The predicted molar refractivity (Wildman–Crippen MR) is 72.4 cm³/mol. The fraction of sp³-hybridized carbons (Fsp3) is 0.938. The van der Waals surface area contributed by atoms with E-state index in [1.807, 2.05) is 0 Å². The van der Waals surface area contributed by atoms with Crippen molar-refractivity contribution in [1.29, 1.82) is 0 Å². The maximum absolute atomic E-state index is 12.7. The third kappa shape index (κ3) is 1.93. The van der Waals surface area contributed by atoms with Gasteiger partial charge in [-0.2, -0.15) is 0 Å². The summed E-state index contributed by atoms with van der Waals surface area (Å²) in [6.45, 7) is 0.929. The molecule has 0 spiro atoms. The SMILES string of the molecule is O=C(NCC1(CO)CC1)C12CC3CC(CC(C3)C1)C2. The molecule has 4 bridgehead atoms. The van der Waals surface area contributed by atoms with Gasteiger partial charge < -0.3 is 10.4 Å². The molecule has 0 heterocycles. The van der Waals surface area contributed by atoms with E-state index in [0.29, 0.717) is 12.5 Å². The van der Waals surface area contributed by atoms with Gasteiger partial charge in [0.15, 0.2) is 0 Å². The van der Waals surface area contributed by atoms with Gasteiger partial charge in [-0.05, 0) is 69.1 Å². The molecule has 0 aromatic carbocycles. The number of carbonyl (C=O) groups is 1. The van der Waals surface area contributed by atoms with Crippen LogP contribution in [0, 0.1) is 28.6 Å². The zero-order valence-corrected chi connectivity index (χ0v) is 11.7. The summed E-state index contributed by atoms with van der Waals surface area (Å²) in [5, 5.41) is 12.5. The third-order valence-corrected chi connectivity index (χ3v) is 6.44. The van der Waals surface area contributed by atoms with Gasteiger partial charge >= 0.3 is 0 Å². The summed E-state index contributed by atoms with van der Waals surface area (Å²) in [6, 6.07) is 0. The van der Waals surface area contributed by atoms with Gasteiger partial charge in [0.2, 0.25) is 5.91 Å². The first-order valence-electron chi connectivity index (χ1n) is 8.02. The molecule has 3 heteroatoms. The lowest BCUT2D eigenvalue weighted by molar-refractivity contribution is -0.146. The molecule has 5 aliphatic rings. The van der Waals surface area contributed by atoms with Gasteiger partial charge in [-0.1, -0.05) is 0 Å². The Labute approximate surface area is 115 Å². The topological polar surface area (TPSA) is 49.3 Å². The van der Waals surface area contributed by atoms with Crippen LogP contribution in [0.4, 0.5) is 0 Å². The Morgan fingerprint density at radius 2 is 1.58 bits per heavy atom. The lowest BCUT2D eigenvalue weighted by Crippen LogP contribution is -2.54. The number of hydrogen-bond acceptors (Lipinski definition) is 2. The second kappa shape index (κ2) is 3.97. The number of nitrogens with one attached hydrogen (secondary N) is 1. The molecule has 2 N–H and O–H groups in total. The fourth-order valence-corrected chi connectivity index (χ4v) is 5.41. The highest BCUT2D eigenvalue weighted by Gasteiger charge is 2.55. The van der Waals surface area contributed by atoms with Gasteiger partial charge in [0.05, 0.1) is 6.61 Å². The maximum atomic E-state index is 12.7. The van der Waals surface area contributed by atoms with Gasteiger partial charge in [-0.15, -0.1) is 0 Å². The van der Waals surface area contributed by atoms with E-state index in [4.69, 9.17) is 0 Å². The second-order valence-electron chi connectivity index (χ2n) is 8.04. The quantitative estimate of drug-likeness (QED) is 0.816. The molecule has 0 aromatic rings. The molecule has 0 radical (unpaired) electrons. The predicted octanol–water partition coefficient (Wildman–Crippen LogP) is 2.09. The normalized spacial score (nSPS) is 45.2. The molecule has 0 atom stereocenters. The van der Waals surface area contributed by atoms with Crippen molar-refractivity contribution in [1.82, 2.24) is 5.32 Å². The number of amides is 1.